The number of aryl methyl sites for hydroxylation is 1. The van der Waals surface area contributed by atoms with Gasteiger partial charge in [0.25, 0.3) is 0 Å². The standard InChI is InChI=1S/C28H33N2O2/c1-22-8-4-5-9-27(22)30-19-7-6-10-28(30)29(20-23-11-15-25(31-2)16-12-23)21-24-13-17-26(32-3)18-14-24/h4-6,8-9,11-18,28H,7,10,19-21H2,1-3H3. The number of ether oxygens (including phenoxy) is 2. The summed E-state index contributed by atoms with van der Waals surface area (Å²) >= 11 is 0. The summed E-state index contributed by atoms with van der Waals surface area (Å²) in [6.07, 6.45) is 4.90. The molecule has 32 heavy (non-hydrogen) atoms. The minimum Gasteiger partial charge on any atom is -0.497 e. The van der Waals surface area contributed by atoms with Crippen molar-refractivity contribution in [2.24, 2.45) is 0 Å². The average molecular weight is 430 g/mol. The number of rotatable bonds is 8. The maximum atomic E-state index is 5.36. The van der Waals surface area contributed by atoms with Crippen molar-refractivity contribution in [1.29, 1.82) is 0 Å². The molecule has 0 amide bonds. The number of anilines is 1. The van der Waals surface area contributed by atoms with E-state index in [-0.39, 0.29) is 0 Å². The molecule has 0 bridgehead atoms. The van der Waals surface area contributed by atoms with Crippen LogP contribution in [0.4, 0.5) is 5.69 Å². The lowest BCUT2D eigenvalue weighted by Gasteiger charge is -2.44. The lowest BCUT2D eigenvalue weighted by Crippen LogP contribution is -2.51. The molecule has 1 radical (unpaired) electrons. The van der Waals surface area contributed by atoms with E-state index >= 15 is 0 Å². The number of benzene rings is 3. The predicted octanol–water partition coefficient (Wildman–Crippen LogP) is 5.85. The summed E-state index contributed by atoms with van der Waals surface area (Å²) in [6.45, 7) is 4.99. The van der Waals surface area contributed by atoms with Gasteiger partial charge in [-0.15, -0.1) is 0 Å². The molecule has 1 heterocycles. The molecule has 1 aliphatic rings. The average Bonchev–Trinajstić information content (AvgIpc) is 2.85. The third kappa shape index (κ3) is 5.25. The molecule has 4 rings (SSSR count). The fraction of sp³-hybridized carbons (Fsp3) is 0.321. The molecule has 1 atom stereocenters. The highest BCUT2D eigenvalue weighted by molar-refractivity contribution is 5.54. The third-order valence-electron chi connectivity index (χ3n) is 6.25. The van der Waals surface area contributed by atoms with Crippen molar-refractivity contribution < 1.29 is 9.47 Å². The van der Waals surface area contributed by atoms with Crippen LogP contribution >= 0.6 is 0 Å². The van der Waals surface area contributed by atoms with Gasteiger partial charge in [0.05, 0.1) is 20.4 Å². The summed E-state index contributed by atoms with van der Waals surface area (Å²) in [6, 6.07) is 25.6. The summed E-state index contributed by atoms with van der Waals surface area (Å²) in [4.78, 5) is 5.17. The van der Waals surface area contributed by atoms with Crippen LogP contribution < -0.4 is 14.4 Å². The Bertz CT molecular complexity index is 936. The van der Waals surface area contributed by atoms with Crippen LogP contribution in [0.1, 0.15) is 29.5 Å². The van der Waals surface area contributed by atoms with Crippen LogP contribution in [-0.2, 0) is 13.1 Å². The second-order valence-corrected chi connectivity index (χ2v) is 8.37. The first-order valence-corrected chi connectivity index (χ1v) is 11.3. The summed E-state index contributed by atoms with van der Waals surface area (Å²) in [5.41, 5.74) is 5.23. The Morgan fingerprint density at radius 3 is 1.91 bits per heavy atom. The molecular formula is C28H33N2O2. The number of piperidine rings is 1. The van der Waals surface area contributed by atoms with Gasteiger partial charge in [0.2, 0.25) is 0 Å². The molecule has 1 fully saturated rings. The van der Waals surface area contributed by atoms with Crippen molar-refractivity contribution in [3.63, 3.8) is 0 Å². The largest absolute Gasteiger partial charge is 0.497 e. The van der Waals surface area contributed by atoms with Crippen molar-refractivity contribution in [2.45, 2.75) is 39.0 Å². The summed E-state index contributed by atoms with van der Waals surface area (Å²) in [5.74, 6) is 1.78. The first kappa shape index (κ1) is 22.2. The Labute approximate surface area is 192 Å². The molecule has 4 nitrogen and oxygen atoms in total. The number of methoxy groups -OCH3 is 2. The van der Waals surface area contributed by atoms with Crippen molar-refractivity contribution in [3.8, 4) is 11.5 Å². The Kier molecular flexibility index (Phi) is 7.33. The fourth-order valence-corrected chi connectivity index (χ4v) is 4.48. The van der Waals surface area contributed by atoms with E-state index in [0.717, 1.165) is 44.0 Å². The van der Waals surface area contributed by atoms with Crippen LogP contribution in [0, 0.1) is 13.3 Å². The SMILES string of the molecule is COc1ccc(CN(Cc2ccc(OC)cc2)C2C[CH]CCN2c2ccccc2C)cc1. The molecule has 0 aliphatic carbocycles. The van der Waals surface area contributed by atoms with Gasteiger partial charge in [-0.2, -0.15) is 0 Å². The van der Waals surface area contributed by atoms with Crippen LogP contribution in [0.3, 0.4) is 0 Å². The highest BCUT2D eigenvalue weighted by Crippen LogP contribution is 2.31. The van der Waals surface area contributed by atoms with Gasteiger partial charge in [-0.1, -0.05) is 42.5 Å². The Hall–Kier alpha value is -2.98. The van der Waals surface area contributed by atoms with Gasteiger partial charge in [0.15, 0.2) is 0 Å². The maximum Gasteiger partial charge on any atom is 0.118 e. The minimum atomic E-state index is 0.300. The lowest BCUT2D eigenvalue weighted by atomic mass is 10.0. The van der Waals surface area contributed by atoms with Crippen LogP contribution in [-0.4, -0.2) is 31.8 Å². The highest BCUT2D eigenvalue weighted by atomic mass is 16.5. The Balaban J connectivity index is 1.64. The third-order valence-corrected chi connectivity index (χ3v) is 6.25. The summed E-state index contributed by atoms with van der Waals surface area (Å²) < 4.78 is 10.7. The minimum absolute atomic E-state index is 0.300. The number of hydrogen-bond donors (Lipinski definition) is 0. The van der Waals surface area contributed by atoms with Gasteiger partial charge in [0.1, 0.15) is 11.5 Å². The zero-order chi connectivity index (χ0) is 22.3. The monoisotopic (exact) mass is 429 g/mol. The normalized spacial score (nSPS) is 16.2. The second-order valence-electron chi connectivity index (χ2n) is 8.37. The molecule has 167 valence electrons. The first-order valence-electron chi connectivity index (χ1n) is 11.3. The topological polar surface area (TPSA) is 24.9 Å². The van der Waals surface area contributed by atoms with E-state index < -0.39 is 0 Å². The van der Waals surface area contributed by atoms with E-state index in [0.29, 0.717) is 6.17 Å². The van der Waals surface area contributed by atoms with E-state index in [1.807, 2.05) is 24.3 Å². The maximum absolute atomic E-state index is 5.36. The first-order chi connectivity index (χ1) is 15.7. The molecule has 4 heteroatoms. The molecule has 0 spiro atoms. The van der Waals surface area contributed by atoms with Gasteiger partial charge >= 0.3 is 0 Å². The Morgan fingerprint density at radius 2 is 1.38 bits per heavy atom. The number of hydrogen-bond acceptors (Lipinski definition) is 4. The van der Waals surface area contributed by atoms with Gasteiger partial charge in [-0.25, -0.2) is 0 Å². The lowest BCUT2D eigenvalue weighted by molar-refractivity contribution is 0.160. The number of para-hydroxylation sites is 1. The van der Waals surface area contributed by atoms with Crippen LogP contribution in [0.5, 0.6) is 11.5 Å². The molecule has 3 aromatic carbocycles. The van der Waals surface area contributed by atoms with Crippen LogP contribution in [0.25, 0.3) is 0 Å². The molecule has 1 saturated heterocycles. The van der Waals surface area contributed by atoms with Crippen molar-refractivity contribution in [3.05, 3.63) is 95.9 Å². The molecule has 0 N–H and O–H groups in total. The molecule has 1 aliphatic heterocycles. The molecule has 3 aromatic rings. The molecule has 0 saturated carbocycles. The van der Waals surface area contributed by atoms with E-state index in [1.165, 1.54) is 22.4 Å². The smallest absolute Gasteiger partial charge is 0.118 e. The second kappa shape index (κ2) is 10.6. The van der Waals surface area contributed by atoms with E-state index in [4.69, 9.17) is 9.47 Å². The molecular weight excluding hydrogens is 396 g/mol. The zero-order valence-corrected chi connectivity index (χ0v) is 19.3. The summed E-state index contributed by atoms with van der Waals surface area (Å²) in [7, 11) is 3.42. The van der Waals surface area contributed by atoms with Gasteiger partial charge in [0, 0.05) is 25.3 Å². The van der Waals surface area contributed by atoms with E-state index in [9.17, 15) is 0 Å². The molecule has 1 unspecified atom stereocenters. The van der Waals surface area contributed by atoms with Crippen molar-refractivity contribution in [1.82, 2.24) is 4.90 Å². The predicted molar refractivity (Wildman–Crippen MR) is 131 cm³/mol. The van der Waals surface area contributed by atoms with E-state index in [1.54, 1.807) is 14.2 Å². The van der Waals surface area contributed by atoms with Gasteiger partial charge in [-0.05, 0) is 73.2 Å². The highest BCUT2D eigenvalue weighted by Gasteiger charge is 2.29. The van der Waals surface area contributed by atoms with Crippen molar-refractivity contribution in [2.75, 3.05) is 25.7 Å². The van der Waals surface area contributed by atoms with Crippen LogP contribution in [0.2, 0.25) is 0 Å². The van der Waals surface area contributed by atoms with E-state index in [2.05, 4.69) is 71.7 Å². The van der Waals surface area contributed by atoms with Crippen LogP contribution in [0.15, 0.2) is 72.8 Å². The molecule has 0 aromatic heterocycles. The van der Waals surface area contributed by atoms with Gasteiger partial charge < -0.3 is 14.4 Å². The zero-order valence-electron chi connectivity index (χ0n) is 19.3. The quantitative estimate of drug-likeness (QED) is 0.449. The Morgan fingerprint density at radius 1 is 0.812 bits per heavy atom. The van der Waals surface area contributed by atoms with Crippen molar-refractivity contribution >= 4 is 5.69 Å². The fourth-order valence-electron chi connectivity index (χ4n) is 4.48. The van der Waals surface area contributed by atoms with Gasteiger partial charge in [-0.3, -0.25) is 4.90 Å². The number of nitrogens with zero attached hydrogens (tertiary/aromatic N) is 2. The summed E-state index contributed by atoms with van der Waals surface area (Å²) in [5, 5.41) is 0.